The zero-order valence-corrected chi connectivity index (χ0v) is 16.6. The molecule has 0 bridgehead atoms. The summed E-state index contributed by atoms with van der Waals surface area (Å²) in [5, 5.41) is 3.51. The van der Waals surface area contributed by atoms with Gasteiger partial charge in [0.05, 0.1) is 0 Å². The lowest BCUT2D eigenvalue weighted by Crippen LogP contribution is -2.44. The highest BCUT2D eigenvalue weighted by molar-refractivity contribution is 14.1. The molecule has 1 aromatic carbocycles. The summed E-state index contributed by atoms with van der Waals surface area (Å²) in [6.07, 6.45) is 2.00. The number of carbonyl (C=O) groups is 1. The molecule has 1 unspecified atom stereocenters. The Morgan fingerprint density at radius 2 is 2.17 bits per heavy atom. The van der Waals surface area contributed by atoms with Crippen molar-refractivity contribution in [1.29, 1.82) is 0 Å². The number of benzene rings is 1. The zero-order chi connectivity index (χ0) is 17.0. The van der Waals surface area contributed by atoms with Crippen molar-refractivity contribution in [2.45, 2.75) is 46.1 Å². The van der Waals surface area contributed by atoms with Gasteiger partial charge in [-0.25, -0.2) is 4.79 Å². The van der Waals surface area contributed by atoms with Crippen LogP contribution in [-0.4, -0.2) is 36.2 Å². The molecule has 1 amide bonds. The van der Waals surface area contributed by atoms with Gasteiger partial charge in [0.25, 0.3) is 0 Å². The van der Waals surface area contributed by atoms with Crippen LogP contribution < -0.4 is 5.32 Å². The number of hydrogen-bond acceptors (Lipinski definition) is 3. The average molecular weight is 430 g/mol. The number of hydrogen-bond donors (Lipinski definition) is 1. The van der Waals surface area contributed by atoms with Crippen LogP contribution in [0, 0.1) is 16.4 Å². The largest absolute Gasteiger partial charge is 0.444 e. The number of nitrogens with zero attached hydrogens (tertiary/aromatic N) is 1. The van der Waals surface area contributed by atoms with Crippen LogP contribution in [0.25, 0.3) is 0 Å². The summed E-state index contributed by atoms with van der Waals surface area (Å²) in [6, 6.07) is 6.42. The van der Waals surface area contributed by atoms with Gasteiger partial charge in [-0.05, 0) is 86.7 Å². The fourth-order valence-electron chi connectivity index (χ4n) is 2.69. The molecule has 1 heterocycles. The Morgan fingerprint density at radius 1 is 1.43 bits per heavy atom. The smallest absolute Gasteiger partial charge is 0.410 e. The molecule has 4 nitrogen and oxygen atoms in total. The quantitative estimate of drug-likeness (QED) is 0.710. The molecule has 1 saturated heterocycles. The minimum absolute atomic E-state index is 0.188. The van der Waals surface area contributed by atoms with E-state index in [2.05, 4.69) is 53.0 Å². The van der Waals surface area contributed by atoms with E-state index in [1.807, 2.05) is 25.7 Å². The highest BCUT2D eigenvalue weighted by Gasteiger charge is 2.27. The first-order chi connectivity index (χ1) is 10.7. The van der Waals surface area contributed by atoms with E-state index in [1.54, 1.807) is 0 Å². The number of likely N-dealkylation sites (tertiary alicyclic amines) is 1. The summed E-state index contributed by atoms with van der Waals surface area (Å²) in [5.41, 5.74) is 2.01. The maximum Gasteiger partial charge on any atom is 0.410 e. The van der Waals surface area contributed by atoms with Gasteiger partial charge in [-0.3, -0.25) is 0 Å². The third kappa shape index (κ3) is 5.86. The van der Waals surface area contributed by atoms with Gasteiger partial charge in [0, 0.05) is 28.9 Å². The maximum absolute atomic E-state index is 12.2. The monoisotopic (exact) mass is 430 g/mol. The fraction of sp³-hybridized carbons (Fsp3) is 0.611. The summed E-state index contributed by atoms with van der Waals surface area (Å²) in [5.74, 6) is 0.468. The van der Waals surface area contributed by atoms with Crippen molar-refractivity contribution in [3.05, 3.63) is 27.3 Å². The molecule has 1 aromatic rings. The third-order valence-electron chi connectivity index (χ3n) is 3.94. The number of ether oxygens (including phenoxy) is 1. The second-order valence-corrected chi connectivity index (χ2v) is 8.44. The average Bonchev–Trinajstić information content (AvgIpc) is 2.47. The summed E-state index contributed by atoms with van der Waals surface area (Å²) >= 11 is 2.36. The van der Waals surface area contributed by atoms with E-state index in [0.717, 1.165) is 38.2 Å². The molecule has 1 atom stereocenters. The zero-order valence-electron chi connectivity index (χ0n) is 14.5. The van der Waals surface area contributed by atoms with Crippen molar-refractivity contribution in [1.82, 2.24) is 4.90 Å². The van der Waals surface area contributed by atoms with Gasteiger partial charge in [0.2, 0.25) is 0 Å². The van der Waals surface area contributed by atoms with Crippen LogP contribution in [0.3, 0.4) is 0 Å². The molecule has 0 radical (unpaired) electrons. The topological polar surface area (TPSA) is 41.6 Å². The van der Waals surface area contributed by atoms with E-state index in [-0.39, 0.29) is 6.09 Å². The SMILES string of the molecule is Cc1ccc(NCC2CCCN(C(=O)OC(C)(C)C)C2)cc1I. The van der Waals surface area contributed by atoms with Crippen molar-refractivity contribution in [3.63, 3.8) is 0 Å². The van der Waals surface area contributed by atoms with Gasteiger partial charge >= 0.3 is 6.09 Å². The number of carbonyl (C=O) groups excluding carboxylic acids is 1. The van der Waals surface area contributed by atoms with Crippen LogP contribution >= 0.6 is 22.6 Å². The Hall–Kier alpha value is -0.980. The second-order valence-electron chi connectivity index (χ2n) is 7.28. The standard InChI is InChI=1S/C18H27IN2O2/c1-13-7-8-15(10-16(13)19)20-11-14-6-5-9-21(12-14)17(22)23-18(2,3)4/h7-8,10,14,20H,5-6,9,11-12H2,1-4H3. The second kappa shape index (κ2) is 7.73. The lowest BCUT2D eigenvalue weighted by molar-refractivity contribution is 0.0172. The van der Waals surface area contributed by atoms with E-state index < -0.39 is 5.60 Å². The Labute approximate surface area is 153 Å². The summed E-state index contributed by atoms with van der Waals surface area (Å²) in [7, 11) is 0. The van der Waals surface area contributed by atoms with Crippen LogP contribution in [-0.2, 0) is 4.74 Å². The van der Waals surface area contributed by atoms with Crippen LogP contribution in [0.15, 0.2) is 18.2 Å². The van der Waals surface area contributed by atoms with Gasteiger partial charge < -0.3 is 15.0 Å². The molecule has 1 aliphatic heterocycles. The lowest BCUT2D eigenvalue weighted by atomic mass is 9.98. The first-order valence-corrected chi connectivity index (χ1v) is 9.30. The number of piperidine rings is 1. The van der Waals surface area contributed by atoms with E-state index in [1.165, 1.54) is 9.13 Å². The molecule has 128 valence electrons. The predicted octanol–water partition coefficient (Wildman–Crippen LogP) is 4.66. The molecular weight excluding hydrogens is 403 g/mol. The van der Waals surface area contributed by atoms with Gasteiger partial charge in [0.15, 0.2) is 0 Å². The molecule has 23 heavy (non-hydrogen) atoms. The molecule has 0 spiro atoms. The van der Waals surface area contributed by atoms with Gasteiger partial charge in [-0.15, -0.1) is 0 Å². The predicted molar refractivity (Wildman–Crippen MR) is 103 cm³/mol. The Bertz CT molecular complexity index is 554. The molecule has 1 aliphatic rings. The molecular formula is C18H27IN2O2. The van der Waals surface area contributed by atoms with Crippen LogP contribution in [0.5, 0.6) is 0 Å². The summed E-state index contributed by atoms with van der Waals surface area (Å²) < 4.78 is 6.75. The van der Waals surface area contributed by atoms with E-state index in [4.69, 9.17) is 4.74 Å². The number of rotatable bonds is 3. The normalized spacial score (nSPS) is 18.7. The van der Waals surface area contributed by atoms with E-state index >= 15 is 0 Å². The highest BCUT2D eigenvalue weighted by atomic mass is 127. The van der Waals surface area contributed by atoms with E-state index in [9.17, 15) is 4.79 Å². The lowest BCUT2D eigenvalue weighted by Gasteiger charge is -2.34. The number of nitrogens with one attached hydrogen (secondary N) is 1. The Morgan fingerprint density at radius 3 is 2.83 bits per heavy atom. The van der Waals surface area contributed by atoms with Crippen molar-refractivity contribution in [2.24, 2.45) is 5.92 Å². The molecule has 1 N–H and O–H groups in total. The van der Waals surface area contributed by atoms with Crippen molar-refractivity contribution in [3.8, 4) is 0 Å². The highest BCUT2D eigenvalue weighted by Crippen LogP contribution is 2.21. The maximum atomic E-state index is 12.2. The van der Waals surface area contributed by atoms with Crippen LogP contribution in [0.1, 0.15) is 39.2 Å². The molecule has 5 heteroatoms. The van der Waals surface area contributed by atoms with Crippen molar-refractivity contribution in [2.75, 3.05) is 25.0 Å². The van der Waals surface area contributed by atoms with Gasteiger partial charge in [0.1, 0.15) is 5.60 Å². The van der Waals surface area contributed by atoms with Gasteiger partial charge in [-0.2, -0.15) is 0 Å². The number of aryl methyl sites for hydroxylation is 1. The first kappa shape index (κ1) is 18.4. The van der Waals surface area contributed by atoms with Gasteiger partial charge in [-0.1, -0.05) is 6.07 Å². The number of amides is 1. The van der Waals surface area contributed by atoms with Crippen molar-refractivity contribution < 1.29 is 9.53 Å². The fourth-order valence-corrected chi connectivity index (χ4v) is 3.20. The molecule has 0 aromatic heterocycles. The van der Waals surface area contributed by atoms with Crippen molar-refractivity contribution >= 4 is 34.4 Å². The Kier molecular flexibility index (Phi) is 6.17. The molecule has 0 saturated carbocycles. The molecule has 2 rings (SSSR count). The summed E-state index contributed by atoms with van der Waals surface area (Å²) in [4.78, 5) is 14.0. The minimum Gasteiger partial charge on any atom is -0.444 e. The number of halogens is 1. The Balaban J connectivity index is 1.86. The molecule has 0 aliphatic carbocycles. The van der Waals surface area contributed by atoms with E-state index in [0.29, 0.717) is 5.92 Å². The summed E-state index contributed by atoms with van der Waals surface area (Å²) in [6.45, 7) is 10.3. The van der Waals surface area contributed by atoms with Crippen LogP contribution in [0.2, 0.25) is 0 Å². The third-order valence-corrected chi connectivity index (χ3v) is 5.10. The molecule has 1 fully saturated rings. The first-order valence-electron chi connectivity index (χ1n) is 8.22. The minimum atomic E-state index is -0.430. The number of anilines is 1. The van der Waals surface area contributed by atoms with Crippen LogP contribution in [0.4, 0.5) is 10.5 Å².